The van der Waals surface area contributed by atoms with Crippen LogP contribution in [0, 0.1) is 0 Å². The number of allylic oxidation sites excluding steroid dienone is 2. The van der Waals surface area contributed by atoms with Crippen molar-refractivity contribution in [1.82, 2.24) is 0 Å². The molecule has 314 valence electrons. The molecular weight excluding hydrogens is 689 g/mol. The number of esters is 2. The fourth-order valence-corrected chi connectivity index (χ4v) is 6.80. The van der Waals surface area contributed by atoms with Gasteiger partial charge < -0.3 is 18.9 Å². The third kappa shape index (κ3) is 40.2. The first-order valence-corrected chi connectivity index (χ1v) is 23.4. The second-order valence-electron chi connectivity index (χ2n) is 16.1. The molecule has 0 bridgehead atoms. The number of unbranched alkanes of at least 4 members (excludes halogenated alkanes) is 24. The van der Waals surface area contributed by atoms with Gasteiger partial charge in [0.2, 0.25) is 0 Å². The van der Waals surface area contributed by atoms with E-state index in [0.717, 1.165) is 57.8 Å². The Hall–Kier alpha value is -1.25. The molecule has 2 unspecified atom stereocenters. The number of ether oxygens (including phenoxy) is 2. The Bertz CT molecular complexity index is 922. The molecule has 1 N–H and O–H groups in total. The van der Waals surface area contributed by atoms with Gasteiger partial charge in [0, 0.05) is 12.8 Å². The van der Waals surface area contributed by atoms with Crippen LogP contribution >= 0.6 is 7.82 Å². The molecule has 0 aliphatic rings. The number of hydrogen-bond donors (Lipinski definition) is 1. The summed E-state index contributed by atoms with van der Waals surface area (Å²) in [6.45, 7) is 4.39. The summed E-state index contributed by atoms with van der Waals surface area (Å²) in [5.41, 5.74) is 0. The minimum Gasteiger partial charge on any atom is -0.462 e. The van der Waals surface area contributed by atoms with Crippen molar-refractivity contribution in [3.05, 3.63) is 12.2 Å². The first kappa shape index (κ1) is 51.8. The van der Waals surface area contributed by atoms with Gasteiger partial charge in [-0.25, -0.2) is 4.57 Å². The molecule has 0 saturated carbocycles. The Morgan fingerprint density at radius 3 is 1.45 bits per heavy atom. The van der Waals surface area contributed by atoms with E-state index in [2.05, 4.69) is 26.0 Å². The molecule has 0 amide bonds. The van der Waals surface area contributed by atoms with E-state index in [1.807, 2.05) is 21.1 Å². The van der Waals surface area contributed by atoms with Gasteiger partial charge in [0.15, 0.2) is 6.10 Å². The third-order valence-corrected chi connectivity index (χ3v) is 10.5. The van der Waals surface area contributed by atoms with Gasteiger partial charge in [-0.3, -0.25) is 18.6 Å². The van der Waals surface area contributed by atoms with E-state index in [1.165, 1.54) is 109 Å². The highest BCUT2D eigenvalue weighted by atomic mass is 31.2. The van der Waals surface area contributed by atoms with Gasteiger partial charge in [0.25, 0.3) is 0 Å². The molecule has 0 aromatic heterocycles. The van der Waals surface area contributed by atoms with E-state index in [-0.39, 0.29) is 25.6 Å². The van der Waals surface area contributed by atoms with Crippen LogP contribution < -0.4 is 0 Å². The topological polar surface area (TPSA) is 108 Å². The normalized spacial score (nSPS) is 13.7. The maximum atomic E-state index is 12.6. The van der Waals surface area contributed by atoms with Gasteiger partial charge in [0.05, 0.1) is 27.7 Å². The fourth-order valence-electron chi connectivity index (χ4n) is 6.05. The lowest BCUT2D eigenvalue weighted by Crippen LogP contribution is -2.37. The Labute approximate surface area is 326 Å². The van der Waals surface area contributed by atoms with Crippen molar-refractivity contribution in [3.8, 4) is 0 Å². The average Bonchev–Trinajstić information content (AvgIpc) is 3.10. The van der Waals surface area contributed by atoms with E-state index in [1.54, 1.807) is 0 Å². The molecule has 0 aliphatic heterocycles. The Morgan fingerprint density at radius 1 is 0.566 bits per heavy atom. The van der Waals surface area contributed by atoms with Crippen molar-refractivity contribution in [3.63, 3.8) is 0 Å². The van der Waals surface area contributed by atoms with E-state index >= 15 is 0 Å². The van der Waals surface area contributed by atoms with Crippen molar-refractivity contribution in [2.24, 2.45) is 0 Å². The summed E-state index contributed by atoms with van der Waals surface area (Å²) in [7, 11) is 1.48. The number of carbonyl (C=O) groups is 2. The maximum absolute atomic E-state index is 12.6. The highest BCUT2D eigenvalue weighted by Crippen LogP contribution is 2.43. The first-order chi connectivity index (χ1) is 25.5. The van der Waals surface area contributed by atoms with E-state index in [0.29, 0.717) is 23.9 Å². The minimum absolute atomic E-state index is 0.0330. The summed E-state index contributed by atoms with van der Waals surface area (Å²) < 4.78 is 34.2. The van der Waals surface area contributed by atoms with Crippen LogP contribution in [0.2, 0.25) is 0 Å². The molecule has 53 heavy (non-hydrogen) atoms. The number of quaternary nitrogens is 1. The smallest absolute Gasteiger partial charge is 0.462 e. The van der Waals surface area contributed by atoms with Gasteiger partial charge >= 0.3 is 19.8 Å². The monoisotopic (exact) mass is 775 g/mol. The standard InChI is InChI=1S/C43H84NO8P/c1-6-8-10-12-14-16-18-19-20-21-22-23-24-26-27-29-31-33-35-42(45)49-39-41(40-51-53(47,48)50-38-37-44(3,4)5)52-43(46)36-34-32-30-28-25-17-15-13-11-9-7-2/h13,15,41H,6-12,14,16-40H2,1-5H3/p+1/b15-13-. The Balaban J connectivity index is 4.27. The van der Waals surface area contributed by atoms with Crippen molar-refractivity contribution in [1.29, 1.82) is 0 Å². The summed E-state index contributed by atoms with van der Waals surface area (Å²) in [6.07, 6.45) is 36.9. The number of likely N-dealkylation sites (N-methyl/N-ethyl adjacent to an activating group) is 1. The zero-order valence-corrected chi connectivity index (χ0v) is 36.2. The van der Waals surface area contributed by atoms with E-state index in [9.17, 15) is 19.0 Å². The van der Waals surface area contributed by atoms with Crippen molar-refractivity contribution in [2.45, 2.75) is 206 Å². The Kier molecular flexibility index (Phi) is 35.5. The predicted molar refractivity (Wildman–Crippen MR) is 220 cm³/mol. The second-order valence-corrected chi connectivity index (χ2v) is 17.5. The van der Waals surface area contributed by atoms with Gasteiger partial charge in [-0.1, -0.05) is 167 Å². The maximum Gasteiger partial charge on any atom is 0.472 e. The number of hydrogen-bond acceptors (Lipinski definition) is 7. The van der Waals surface area contributed by atoms with Gasteiger partial charge in [-0.2, -0.15) is 0 Å². The molecule has 0 aliphatic carbocycles. The Morgan fingerprint density at radius 2 is 0.981 bits per heavy atom. The summed E-state index contributed by atoms with van der Waals surface area (Å²) in [4.78, 5) is 35.3. The molecule has 0 saturated heterocycles. The SMILES string of the molecule is CCCC/C=C\CCCCCCCC(=O)OC(COC(=O)CCCCCCCCCCCCCCCCCCCC)COP(=O)(O)OCC[N+](C)(C)C. The molecule has 9 nitrogen and oxygen atoms in total. The van der Waals surface area contributed by atoms with Crippen molar-refractivity contribution in [2.75, 3.05) is 47.5 Å². The lowest BCUT2D eigenvalue weighted by Gasteiger charge is -2.24. The van der Waals surface area contributed by atoms with Crippen LogP contribution in [0.5, 0.6) is 0 Å². The highest BCUT2D eigenvalue weighted by molar-refractivity contribution is 7.47. The summed E-state index contributed by atoms with van der Waals surface area (Å²) in [5.74, 6) is -0.801. The second kappa shape index (κ2) is 36.4. The van der Waals surface area contributed by atoms with E-state index < -0.39 is 26.5 Å². The molecule has 0 fully saturated rings. The molecule has 0 aromatic carbocycles. The van der Waals surface area contributed by atoms with Crippen LogP contribution in [0.3, 0.4) is 0 Å². The third-order valence-electron chi connectivity index (χ3n) is 9.55. The molecule has 10 heteroatoms. The van der Waals surface area contributed by atoms with Crippen molar-refractivity contribution < 1.29 is 42.1 Å². The summed E-state index contributed by atoms with van der Waals surface area (Å²) in [5, 5.41) is 0. The largest absolute Gasteiger partial charge is 0.472 e. The summed E-state index contributed by atoms with van der Waals surface area (Å²) in [6, 6.07) is 0. The number of phosphoric acid groups is 1. The molecule has 0 radical (unpaired) electrons. The van der Waals surface area contributed by atoms with Crippen LogP contribution in [-0.4, -0.2) is 74.9 Å². The number of phosphoric ester groups is 1. The fraction of sp³-hybridized carbons (Fsp3) is 0.907. The zero-order valence-electron chi connectivity index (χ0n) is 35.3. The quantitative estimate of drug-likeness (QED) is 0.0215. The molecular formula is C43H85NO8P+. The van der Waals surface area contributed by atoms with Crippen LogP contribution in [0.15, 0.2) is 12.2 Å². The average molecular weight is 775 g/mol. The molecule has 0 spiro atoms. The van der Waals surface area contributed by atoms with Crippen molar-refractivity contribution >= 4 is 19.8 Å². The molecule has 0 heterocycles. The van der Waals surface area contributed by atoms with Gasteiger partial charge in [-0.15, -0.1) is 0 Å². The molecule has 2 atom stereocenters. The van der Waals surface area contributed by atoms with Crippen LogP contribution in [-0.2, 0) is 32.7 Å². The number of nitrogens with zero attached hydrogens (tertiary/aromatic N) is 1. The number of rotatable bonds is 40. The summed E-state index contributed by atoms with van der Waals surface area (Å²) >= 11 is 0. The van der Waals surface area contributed by atoms with Gasteiger partial charge in [-0.05, 0) is 32.1 Å². The lowest BCUT2D eigenvalue weighted by molar-refractivity contribution is -0.870. The van der Waals surface area contributed by atoms with Crippen LogP contribution in [0.4, 0.5) is 0 Å². The van der Waals surface area contributed by atoms with E-state index in [4.69, 9.17) is 18.5 Å². The molecule has 0 rings (SSSR count). The minimum atomic E-state index is -4.37. The molecule has 0 aromatic rings. The first-order valence-electron chi connectivity index (χ1n) is 21.9. The highest BCUT2D eigenvalue weighted by Gasteiger charge is 2.27. The zero-order chi connectivity index (χ0) is 39.3. The van der Waals surface area contributed by atoms with Gasteiger partial charge in [0.1, 0.15) is 19.8 Å². The van der Waals surface area contributed by atoms with Crippen LogP contribution in [0.1, 0.15) is 200 Å². The van der Waals surface area contributed by atoms with Crippen LogP contribution in [0.25, 0.3) is 0 Å². The predicted octanol–water partition coefficient (Wildman–Crippen LogP) is 12.2. The number of carbonyl (C=O) groups excluding carboxylic acids is 2. The lowest BCUT2D eigenvalue weighted by atomic mass is 10.0.